The van der Waals surface area contributed by atoms with E-state index in [0.29, 0.717) is 0 Å². The first kappa shape index (κ1) is 18.8. The summed E-state index contributed by atoms with van der Waals surface area (Å²) < 4.78 is 77.0. The lowest BCUT2D eigenvalue weighted by molar-refractivity contribution is -0.138. The van der Waals surface area contributed by atoms with Crippen LogP contribution in [0.5, 0.6) is 0 Å². The van der Waals surface area contributed by atoms with Gasteiger partial charge in [0.05, 0.1) is 22.7 Å². The summed E-state index contributed by atoms with van der Waals surface area (Å²) in [5, 5.41) is 2.30. The Hall–Kier alpha value is -2.51. The van der Waals surface area contributed by atoms with E-state index in [0.717, 1.165) is 30.3 Å². The van der Waals surface area contributed by atoms with Crippen molar-refractivity contribution >= 4 is 5.91 Å². The molecule has 0 aliphatic rings. The Morgan fingerprint density at radius 2 is 1.56 bits per heavy atom. The second-order valence-corrected chi connectivity index (χ2v) is 5.36. The number of benzene rings is 2. The van der Waals surface area contributed by atoms with Crippen LogP contribution < -0.4 is 5.32 Å². The van der Waals surface area contributed by atoms with Crippen molar-refractivity contribution in [3.05, 3.63) is 70.8 Å². The number of nitrogens with one attached hydrogen (secondary N) is 1. The van der Waals surface area contributed by atoms with Gasteiger partial charge in [0, 0.05) is 0 Å². The lowest BCUT2D eigenvalue weighted by Gasteiger charge is -2.18. The molecule has 2 aromatic carbocycles. The van der Waals surface area contributed by atoms with Crippen LogP contribution in [-0.4, -0.2) is 5.91 Å². The van der Waals surface area contributed by atoms with Crippen LogP contribution in [0.15, 0.2) is 48.5 Å². The predicted molar refractivity (Wildman–Crippen MR) is 78.8 cm³/mol. The fourth-order valence-electron chi connectivity index (χ4n) is 2.27. The summed E-state index contributed by atoms with van der Waals surface area (Å²) in [6.07, 6.45) is -9.27. The number of amides is 1. The molecule has 2 aromatic rings. The first-order valence-electron chi connectivity index (χ1n) is 7.14. The van der Waals surface area contributed by atoms with E-state index in [1.807, 2.05) is 0 Å². The number of rotatable bonds is 3. The molecule has 0 radical (unpaired) electrons. The van der Waals surface area contributed by atoms with Gasteiger partial charge >= 0.3 is 12.4 Å². The van der Waals surface area contributed by atoms with Crippen molar-refractivity contribution in [2.75, 3.05) is 0 Å². The molecule has 2 rings (SSSR count). The highest BCUT2D eigenvalue weighted by Crippen LogP contribution is 2.33. The number of hydrogen-bond acceptors (Lipinski definition) is 1. The molecule has 1 amide bonds. The molecule has 2 nitrogen and oxygen atoms in total. The fourth-order valence-corrected chi connectivity index (χ4v) is 2.27. The molecule has 1 N–H and O–H groups in total. The van der Waals surface area contributed by atoms with E-state index in [-0.39, 0.29) is 5.56 Å². The molecule has 0 saturated heterocycles. The molecule has 1 unspecified atom stereocenters. The monoisotopic (exact) mass is 361 g/mol. The van der Waals surface area contributed by atoms with E-state index >= 15 is 0 Å². The molecule has 0 fully saturated rings. The van der Waals surface area contributed by atoms with Gasteiger partial charge in [-0.1, -0.05) is 24.3 Å². The van der Waals surface area contributed by atoms with Gasteiger partial charge in [-0.15, -0.1) is 0 Å². The number of carbonyl (C=O) groups is 1. The maximum atomic E-state index is 12.9. The highest BCUT2D eigenvalue weighted by Gasteiger charge is 2.35. The van der Waals surface area contributed by atoms with Crippen LogP contribution >= 0.6 is 0 Å². The van der Waals surface area contributed by atoms with E-state index in [2.05, 4.69) is 5.32 Å². The summed E-state index contributed by atoms with van der Waals surface area (Å²) >= 11 is 0. The molecule has 0 aromatic heterocycles. The third-order valence-electron chi connectivity index (χ3n) is 3.54. The Morgan fingerprint density at radius 3 is 2.16 bits per heavy atom. The first-order chi connectivity index (χ1) is 11.5. The third-order valence-corrected chi connectivity index (χ3v) is 3.54. The van der Waals surface area contributed by atoms with Crippen LogP contribution in [0, 0.1) is 0 Å². The molecule has 0 spiro atoms. The topological polar surface area (TPSA) is 29.1 Å². The highest BCUT2D eigenvalue weighted by molar-refractivity contribution is 5.96. The summed E-state index contributed by atoms with van der Waals surface area (Å²) in [6, 6.07) is 7.55. The number of halogens is 6. The Bertz CT molecular complexity index is 766. The van der Waals surface area contributed by atoms with Gasteiger partial charge in [0.2, 0.25) is 0 Å². The van der Waals surface area contributed by atoms with Crippen LogP contribution in [0.3, 0.4) is 0 Å². The van der Waals surface area contributed by atoms with E-state index in [9.17, 15) is 31.1 Å². The first-order valence-corrected chi connectivity index (χ1v) is 7.14. The third kappa shape index (κ3) is 4.52. The maximum absolute atomic E-state index is 12.9. The SMILES string of the molecule is CC(NC(=O)c1ccccc1C(F)(F)F)c1cccc(C(F)(F)F)c1. The molecule has 0 aliphatic carbocycles. The molecule has 0 aliphatic heterocycles. The van der Waals surface area contributed by atoms with Crippen molar-refractivity contribution in [1.29, 1.82) is 0 Å². The van der Waals surface area contributed by atoms with Crippen LogP contribution in [0.2, 0.25) is 0 Å². The van der Waals surface area contributed by atoms with Gasteiger partial charge in [-0.05, 0) is 36.8 Å². The molecule has 134 valence electrons. The van der Waals surface area contributed by atoms with Crippen molar-refractivity contribution < 1.29 is 31.1 Å². The van der Waals surface area contributed by atoms with E-state index < -0.39 is 41.0 Å². The van der Waals surface area contributed by atoms with Crippen molar-refractivity contribution in [3.63, 3.8) is 0 Å². The van der Waals surface area contributed by atoms with Crippen molar-refractivity contribution in [2.45, 2.75) is 25.3 Å². The maximum Gasteiger partial charge on any atom is 0.417 e. The van der Waals surface area contributed by atoms with Crippen LogP contribution in [0.4, 0.5) is 26.3 Å². The van der Waals surface area contributed by atoms with E-state index in [4.69, 9.17) is 0 Å². The van der Waals surface area contributed by atoms with Gasteiger partial charge in [-0.25, -0.2) is 0 Å². The number of carbonyl (C=O) groups excluding carboxylic acids is 1. The Kier molecular flexibility index (Phi) is 5.10. The van der Waals surface area contributed by atoms with Gasteiger partial charge in [0.25, 0.3) is 5.91 Å². The van der Waals surface area contributed by atoms with Gasteiger partial charge in [-0.2, -0.15) is 26.3 Å². The summed E-state index contributed by atoms with van der Waals surface area (Å²) in [7, 11) is 0. The minimum absolute atomic E-state index is 0.132. The van der Waals surface area contributed by atoms with Gasteiger partial charge < -0.3 is 5.32 Å². The summed E-state index contributed by atoms with van der Waals surface area (Å²) in [5.74, 6) is -1.02. The summed E-state index contributed by atoms with van der Waals surface area (Å²) in [4.78, 5) is 12.1. The second-order valence-electron chi connectivity index (χ2n) is 5.36. The average molecular weight is 361 g/mol. The zero-order valence-electron chi connectivity index (χ0n) is 12.9. The molecular formula is C17H13F6NO. The molecule has 0 bridgehead atoms. The van der Waals surface area contributed by atoms with E-state index in [1.54, 1.807) is 0 Å². The molecule has 1 atom stereocenters. The molecule has 0 saturated carbocycles. The van der Waals surface area contributed by atoms with Gasteiger partial charge in [0.1, 0.15) is 0 Å². The van der Waals surface area contributed by atoms with Crippen molar-refractivity contribution in [3.8, 4) is 0 Å². The molecule has 8 heteroatoms. The van der Waals surface area contributed by atoms with Crippen molar-refractivity contribution in [2.24, 2.45) is 0 Å². The predicted octanol–water partition coefficient (Wildman–Crippen LogP) is 5.22. The lowest BCUT2D eigenvalue weighted by atomic mass is 10.0. The van der Waals surface area contributed by atoms with Crippen molar-refractivity contribution in [1.82, 2.24) is 5.32 Å². The minimum Gasteiger partial charge on any atom is -0.346 e. The summed E-state index contributed by atoms with van der Waals surface area (Å²) in [6.45, 7) is 1.39. The summed E-state index contributed by atoms with van der Waals surface area (Å²) in [5.41, 5.74) is -2.47. The number of hydrogen-bond donors (Lipinski definition) is 1. The molecular weight excluding hydrogens is 348 g/mol. The second kappa shape index (κ2) is 6.78. The Balaban J connectivity index is 2.25. The lowest BCUT2D eigenvalue weighted by Crippen LogP contribution is -2.29. The molecule has 0 heterocycles. The Labute approximate surface area is 139 Å². The molecule has 25 heavy (non-hydrogen) atoms. The van der Waals surface area contributed by atoms with Gasteiger partial charge in [0.15, 0.2) is 0 Å². The zero-order valence-corrected chi connectivity index (χ0v) is 12.9. The standard InChI is InChI=1S/C17H13F6NO/c1-10(11-5-4-6-12(9-11)16(18,19)20)24-15(25)13-7-2-3-8-14(13)17(21,22)23/h2-10H,1H3,(H,24,25). The normalized spacial score (nSPS) is 13.4. The highest BCUT2D eigenvalue weighted by atomic mass is 19.4. The Morgan fingerprint density at radius 1 is 0.920 bits per heavy atom. The van der Waals surface area contributed by atoms with Crippen LogP contribution in [-0.2, 0) is 12.4 Å². The fraction of sp³-hybridized carbons (Fsp3) is 0.235. The quantitative estimate of drug-likeness (QED) is 0.747. The zero-order chi connectivity index (χ0) is 18.8. The van der Waals surface area contributed by atoms with E-state index in [1.165, 1.54) is 25.1 Å². The number of alkyl halides is 6. The van der Waals surface area contributed by atoms with Gasteiger partial charge in [-0.3, -0.25) is 4.79 Å². The largest absolute Gasteiger partial charge is 0.417 e. The minimum atomic E-state index is -4.71. The van der Waals surface area contributed by atoms with Crippen LogP contribution in [0.1, 0.15) is 40.0 Å². The van der Waals surface area contributed by atoms with Crippen LogP contribution in [0.25, 0.3) is 0 Å². The average Bonchev–Trinajstić information content (AvgIpc) is 2.53. The smallest absolute Gasteiger partial charge is 0.346 e.